The Bertz CT molecular complexity index is 581. The predicted octanol–water partition coefficient (Wildman–Crippen LogP) is 3.12. The van der Waals surface area contributed by atoms with E-state index in [1.807, 2.05) is 17.8 Å². The molecule has 0 saturated heterocycles. The summed E-state index contributed by atoms with van der Waals surface area (Å²) in [6.07, 6.45) is 1.79. The Kier molecular flexibility index (Phi) is 8.27. The monoisotopic (exact) mass is 483 g/mol. The van der Waals surface area contributed by atoms with Crippen LogP contribution in [0, 0.1) is 0 Å². The number of nitrogens with one attached hydrogen (secondary N) is 2. The summed E-state index contributed by atoms with van der Waals surface area (Å²) in [6, 6.07) is 6.14. The van der Waals surface area contributed by atoms with Gasteiger partial charge < -0.3 is 10.6 Å². The van der Waals surface area contributed by atoms with Crippen molar-refractivity contribution in [3.63, 3.8) is 0 Å². The lowest BCUT2D eigenvalue weighted by molar-refractivity contribution is 0.707. The minimum atomic E-state index is 0. The van der Waals surface area contributed by atoms with Crippen molar-refractivity contribution in [1.82, 2.24) is 20.4 Å². The number of thiophene rings is 1. The second-order valence-electron chi connectivity index (χ2n) is 4.20. The molecule has 0 spiro atoms. The fourth-order valence-corrected chi connectivity index (χ4v) is 3.10. The van der Waals surface area contributed by atoms with Gasteiger partial charge in [0.1, 0.15) is 0 Å². The van der Waals surface area contributed by atoms with E-state index in [0.717, 1.165) is 28.5 Å². The van der Waals surface area contributed by atoms with E-state index in [1.54, 1.807) is 17.5 Å². The van der Waals surface area contributed by atoms with E-state index in [1.165, 1.54) is 4.88 Å². The van der Waals surface area contributed by atoms with Crippen molar-refractivity contribution in [2.75, 3.05) is 6.54 Å². The van der Waals surface area contributed by atoms with Gasteiger partial charge in [-0.3, -0.25) is 4.68 Å². The van der Waals surface area contributed by atoms with Gasteiger partial charge in [-0.05, 0) is 41.1 Å². The number of aliphatic imine (C=N–C) groups is 1. The Morgan fingerprint density at radius 1 is 1.38 bits per heavy atom. The normalized spacial score (nSPS) is 11.1. The Balaban J connectivity index is 0.00000220. The van der Waals surface area contributed by atoms with E-state index in [-0.39, 0.29) is 24.0 Å². The Labute approximate surface area is 154 Å². The van der Waals surface area contributed by atoms with Crippen LogP contribution in [0.4, 0.5) is 0 Å². The van der Waals surface area contributed by atoms with E-state index in [9.17, 15) is 0 Å². The van der Waals surface area contributed by atoms with Crippen LogP contribution in [0.15, 0.2) is 33.2 Å². The number of aryl methyl sites for hydroxylation is 1. The fourth-order valence-electron chi connectivity index (χ4n) is 1.68. The number of hydrogen-bond acceptors (Lipinski definition) is 3. The maximum absolute atomic E-state index is 4.57. The highest BCUT2D eigenvalue weighted by atomic mass is 127. The molecule has 2 rings (SSSR count). The molecule has 0 unspecified atom stereocenters. The largest absolute Gasteiger partial charge is 0.357 e. The lowest BCUT2D eigenvalue weighted by atomic mass is 10.4. The first-order chi connectivity index (χ1) is 9.69. The summed E-state index contributed by atoms with van der Waals surface area (Å²) in [5.74, 6) is 0.818. The van der Waals surface area contributed by atoms with Gasteiger partial charge in [-0.2, -0.15) is 5.10 Å². The molecule has 2 N–H and O–H groups in total. The topological polar surface area (TPSA) is 54.2 Å². The zero-order valence-electron chi connectivity index (χ0n) is 12.0. The first-order valence-corrected chi connectivity index (χ1v) is 8.03. The molecule has 0 aliphatic rings. The van der Waals surface area contributed by atoms with Crippen LogP contribution < -0.4 is 10.6 Å². The molecule has 0 bridgehead atoms. The molecule has 0 aliphatic carbocycles. The van der Waals surface area contributed by atoms with Gasteiger partial charge in [0.05, 0.1) is 22.6 Å². The minimum absolute atomic E-state index is 0. The van der Waals surface area contributed by atoms with Gasteiger partial charge >= 0.3 is 0 Å². The number of hydrogen-bond donors (Lipinski definition) is 2. The molecule has 0 aromatic carbocycles. The molecule has 8 heteroatoms. The summed E-state index contributed by atoms with van der Waals surface area (Å²) >= 11 is 5.19. The minimum Gasteiger partial charge on any atom is -0.357 e. The third-order valence-electron chi connectivity index (χ3n) is 2.72. The van der Waals surface area contributed by atoms with Crippen molar-refractivity contribution in [1.29, 1.82) is 0 Å². The third kappa shape index (κ3) is 5.95. The Morgan fingerprint density at radius 2 is 2.19 bits per heavy atom. The van der Waals surface area contributed by atoms with Crippen molar-refractivity contribution in [3.05, 3.63) is 38.8 Å². The molecule has 21 heavy (non-hydrogen) atoms. The van der Waals surface area contributed by atoms with Crippen molar-refractivity contribution in [2.45, 2.75) is 20.0 Å². The second kappa shape index (κ2) is 9.42. The molecule has 2 aromatic heterocycles. The van der Waals surface area contributed by atoms with Crippen molar-refractivity contribution in [3.8, 4) is 0 Å². The second-order valence-corrected chi connectivity index (χ2v) is 6.75. The molecule has 0 fully saturated rings. The molecular formula is C13H19BrIN5S. The van der Waals surface area contributed by atoms with Crippen LogP contribution in [-0.4, -0.2) is 22.3 Å². The number of aromatic nitrogens is 2. The molecule has 116 valence electrons. The molecular weight excluding hydrogens is 465 g/mol. The van der Waals surface area contributed by atoms with E-state index in [2.05, 4.69) is 55.7 Å². The van der Waals surface area contributed by atoms with Gasteiger partial charge in [0, 0.05) is 24.7 Å². The van der Waals surface area contributed by atoms with Gasteiger partial charge in [0.2, 0.25) is 0 Å². The summed E-state index contributed by atoms with van der Waals surface area (Å²) in [6.45, 7) is 4.28. The van der Waals surface area contributed by atoms with Crippen LogP contribution >= 0.6 is 51.2 Å². The number of rotatable bonds is 5. The molecule has 2 heterocycles. The number of nitrogens with zero attached hydrogens (tertiary/aromatic N) is 3. The van der Waals surface area contributed by atoms with Crippen LogP contribution in [0.2, 0.25) is 0 Å². The number of guanidine groups is 1. The lowest BCUT2D eigenvalue weighted by Gasteiger charge is -2.10. The van der Waals surface area contributed by atoms with Gasteiger partial charge in [-0.15, -0.1) is 35.3 Å². The zero-order valence-corrected chi connectivity index (χ0v) is 16.7. The Morgan fingerprint density at radius 3 is 2.76 bits per heavy atom. The highest BCUT2D eigenvalue weighted by Crippen LogP contribution is 2.21. The van der Waals surface area contributed by atoms with Crippen LogP contribution in [0.25, 0.3) is 0 Å². The predicted molar refractivity (Wildman–Crippen MR) is 102 cm³/mol. The van der Waals surface area contributed by atoms with Gasteiger partial charge in [0.25, 0.3) is 0 Å². The van der Waals surface area contributed by atoms with Gasteiger partial charge in [0.15, 0.2) is 5.96 Å². The standard InChI is InChI=1S/C13H18BrN5S.HI/c1-3-15-13(16-8-10-6-7-18-19(10)2)17-9-11-4-5-12(14)20-11;/h4-7H,3,8-9H2,1-2H3,(H2,15,16,17);1H. The fraction of sp³-hybridized carbons (Fsp3) is 0.385. The summed E-state index contributed by atoms with van der Waals surface area (Å²) in [5.41, 5.74) is 1.08. The highest BCUT2D eigenvalue weighted by Gasteiger charge is 2.02. The molecule has 0 radical (unpaired) electrons. The SMILES string of the molecule is CCNC(=NCc1ccnn1C)NCc1ccc(Br)s1.I. The average molecular weight is 484 g/mol. The van der Waals surface area contributed by atoms with Gasteiger partial charge in [-0.1, -0.05) is 0 Å². The van der Waals surface area contributed by atoms with E-state index in [4.69, 9.17) is 0 Å². The molecule has 0 atom stereocenters. The maximum Gasteiger partial charge on any atom is 0.191 e. The van der Waals surface area contributed by atoms with E-state index < -0.39 is 0 Å². The lowest BCUT2D eigenvalue weighted by Crippen LogP contribution is -2.36. The summed E-state index contributed by atoms with van der Waals surface area (Å²) in [5, 5.41) is 10.7. The maximum atomic E-state index is 4.57. The van der Waals surface area contributed by atoms with E-state index >= 15 is 0 Å². The summed E-state index contributed by atoms with van der Waals surface area (Å²) < 4.78 is 2.98. The molecule has 0 amide bonds. The summed E-state index contributed by atoms with van der Waals surface area (Å²) in [7, 11) is 1.92. The first kappa shape index (κ1) is 18.4. The van der Waals surface area contributed by atoms with Crippen LogP contribution in [0.1, 0.15) is 17.5 Å². The van der Waals surface area contributed by atoms with Gasteiger partial charge in [-0.25, -0.2) is 4.99 Å². The smallest absolute Gasteiger partial charge is 0.191 e. The molecule has 2 aromatic rings. The van der Waals surface area contributed by atoms with Crippen LogP contribution in [0.3, 0.4) is 0 Å². The summed E-state index contributed by atoms with van der Waals surface area (Å²) in [4.78, 5) is 5.83. The highest BCUT2D eigenvalue weighted by molar-refractivity contribution is 14.0. The first-order valence-electron chi connectivity index (χ1n) is 6.42. The van der Waals surface area contributed by atoms with Crippen LogP contribution in [0.5, 0.6) is 0 Å². The quantitative estimate of drug-likeness (QED) is 0.390. The van der Waals surface area contributed by atoms with Crippen molar-refractivity contribution < 1.29 is 0 Å². The third-order valence-corrected chi connectivity index (χ3v) is 4.35. The van der Waals surface area contributed by atoms with E-state index in [0.29, 0.717) is 6.54 Å². The molecule has 0 aliphatic heterocycles. The average Bonchev–Trinajstić information content (AvgIpc) is 3.02. The molecule has 0 saturated carbocycles. The van der Waals surface area contributed by atoms with Crippen molar-refractivity contribution >= 4 is 57.2 Å². The zero-order chi connectivity index (χ0) is 14.4. The molecule has 5 nitrogen and oxygen atoms in total. The Hall–Kier alpha value is -0.610. The van der Waals surface area contributed by atoms with Crippen molar-refractivity contribution in [2.24, 2.45) is 12.0 Å². The van der Waals surface area contributed by atoms with Crippen LogP contribution in [-0.2, 0) is 20.1 Å². The number of halogens is 2.